The van der Waals surface area contributed by atoms with Gasteiger partial charge in [0.1, 0.15) is 0 Å². The van der Waals surface area contributed by atoms with Gasteiger partial charge < -0.3 is 5.11 Å². The summed E-state index contributed by atoms with van der Waals surface area (Å²) >= 11 is 0. The molecule has 0 fully saturated rings. The van der Waals surface area contributed by atoms with Gasteiger partial charge in [-0.3, -0.25) is 0 Å². The molecule has 1 aromatic heterocycles. The molecule has 0 aliphatic carbocycles. The van der Waals surface area contributed by atoms with Crippen LogP contribution in [0.1, 0.15) is 19.0 Å². The molecular weight excluding hydrogens is 130 g/mol. The lowest BCUT2D eigenvalue weighted by atomic mass is 10.3. The van der Waals surface area contributed by atoms with Crippen molar-refractivity contribution in [1.82, 2.24) is 15.0 Å². The summed E-state index contributed by atoms with van der Waals surface area (Å²) in [5.41, 5.74) is 0.941. The van der Waals surface area contributed by atoms with Gasteiger partial charge in [-0.25, -0.2) is 0 Å². The molecule has 1 heterocycles. The van der Waals surface area contributed by atoms with Crippen molar-refractivity contribution >= 4 is 0 Å². The second-order valence-corrected chi connectivity index (χ2v) is 2.10. The molecule has 0 unspecified atom stereocenters. The number of hydrogen-bond acceptors (Lipinski definition) is 3. The standard InChI is InChI=1S/C6H11N3O/c1-2-3-6-4-7-9(5-10)8-6/h4,10H,2-3,5H2,1H3. The van der Waals surface area contributed by atoms with Crippen LogP contribution in [0.5, 0.6) is 0 Å². The summed E-state index contributed by atoms with van der Waals surface area (Å²) in [4.78, 5) is 1.27. The fourth-order valence-electron chi connectivity index (χ4n) is 0.772. The molecule has 0 spiro atoms. The first-order valence-corrected chi connectivity index (χ1v) is 3.36. The van der Waals surface area contributed by atoms with Gasteiger partial charge >= 0.3 is 0 Å². The van der Waals surface area contributed by atoms with Crippen LogP contribution < -0.4 is 0 Å². The van der Waals surface area contributed by atoms with Crippen molar-refractivity contribution in [2.75, 3.05) is 0 Å². The highest BCUT2D eigenvalue weighted by molar-refractivity contribution is 4.90. The summed E-state index contributed by atoms with van der Waals surface area (Å²) in [7, 11) is 0. The van der Waals surface area contributed by atoms with Gasteiger partial charge in [-0.05, 0) is 6.42 Å². The monoisotopic (exact) mass is 141 g/mol. The maximum absolute atomic E-state index is 8.56. The first-order valence-electron chi connectivity index (χ1n) is 3.36. The molecule has 0 saturated heterocycles. The highest BCUT2D eigenvalue weighted by atomic mass is 16.3. The zero-order chi connectivity index (χ0) is 7.40. The first kappa shape index (κ1) is 7.21. The molecule has 4 heteroatoms. The lowest BCUT2D eigenvalue weighted by molar-refractivity contribution is 0.177. The second-order valence-electron chi connectivity index (χ2n) is 2.10. The van der Waals surface area contributed by atoms with Crippen LogP contribution in [0.15, 0.2) is 6.20 Å². The van der Waals surface area contributed by atoms with Crippen molar-refractivity contribution in [1.29, 1.82) is 0 Å². The SMILES string of the molecule is CCCc1cnn(CO)n1. The Kier molecular flexibility index (Phi) is 2.39. The molecule has 1 aromatic rings. The number of aliphatic hydroxyl groups excluding tert-OH is 1. The van der Waals surface area contributed by atoms with E-state index in [1.54, 1.807) is 6.20 Å². The van der Waals surface area contributed by atoms with Crippen LogP contribution in [0.4, 0.5) is 0 Å². The predicted molar refractivity (Wildman–Crippen MR) is 36.2 cm³/mol. The zero-order valence-corrected chi connectivity index (χ0v) is 5.99. The molecule has 4 nitrogen and oxygen atoms in total. The van der Waals surface area contributed by atoms with Crippen LogP contribution in [0.25, 0.3) is 0 Å². The third-order valence-corrected chi connectivity index (χ3v) is 1.22. The lowest BCUT2D eigenvalue weighted by Crippen LogP contribution is -2.01. The average Bonchev–Trinajstić information content (AvgIpc) is 2.37. The van der Waals surface area contributed by atoms with Crippen LogP contribution in [-0.2, 0) is 13.2 Å². The quantitative estimate of drug-likeness (QED) is 0.653. The summed E-state index contributed by atoms with van der Waals surface area (Å²) in [6, 6.07) is 0. The van der Waals surface area contributed by atoms with Gasteiger partial charge in [0.25, 0.3) is 0 Å². The van der Waals surface area contributed by atoms with Crippen molar-refractivity contribution in [3.05, 3.63) is 11.9 Å². The minimum absolute atomic E-state index is 0.135. The smallest absolute Gasteiger partial charge is 0.155 e. The van der Waals surface area contributed by atoms with Crippen LogP contribution >= 0.6 is 0 Å². The Bertz CT molecular complexity index is 197. The highest BCUT2D eigenvalue weighted by Gasteiger charge is 1.95. The van der Waals surface area contributed by atoms with E-state index in [1.165, 1.54) is 4.80 Å². The second kappa shape index (κ2) is 3.31. The molecule has 0 radical (unpaired) electrons. The van der Waals surface area contributed by atoms with Gasteiger partial charge in [-0.2, -0.15) is 15.0 Å². The van der Waals surface area contributed by atoms with Crippen LogP contribution in [0.2, 0.25) is 0 Å². The van der Waals surface area contributed by atoms with Crippen molar-refractivity contribution in [3.8, 4) is 0 Å². The Labute approximate surface area is 59.5 Å². The summed E-state index contributed by atoms with van der Waals surface area (Å²) in [6.07, 6.45) is 3.67. The van der Waals surface area contributed by atoms with E-state index in [2.05, 4.69) is 17.1 Å². The molecule has 0 bridgehead atoms. The van der Waals surface area contributed by atoms with Crippen molar-refractivity contribution in [2.45, 2.75) is 26.5 Å². The summed E-state index contributed by atoms with van der Waals surface area (Å²) < 4.78 is 0. The van der Waals surface area contributed by atoms with E-state index in [4.69, 9.17) is 5.11 Å². The van der Waals surface area contributed by atoms with Crippen LogP contribution in [0.3, 0.4) is 0 Å². The van der Waals surface area contributed by atoms with Crippen molar-refractivity contribution in [2.24, 2.45) is 0 Å². The Morgan fingerprint density at radius 3 is 3.00 bits per heavy atom. The van der Waals surface area contributed by atoms with E-state index in [0.717, 1.165) is 18.5 Å². The third-order valence-electron chi connectivity index (χ3n) is 1.22. The van der Waals surface area contributed by atoms with Gasteiger partial charge in [0, 0.05) is 0 Å². The average molecular weight is 141 g/mol. The van der Waals surface area contributed by atoms with E-state index in [1.807, 2.05) is 0 Å². The fraction of sp³-hybridized carbons (Fsp3) is 0.667. The molecule has 1 N–H and O–H groups in total. The summed E-state index contributed by atoms with van der Waals surface area (Å²) in [5.74, 6) is 0. The number of nitrogens with zero attached hydrogens (tertiary/aromatic N) is 3. The molecule has 0 atom stereocenters. The van der Waals surface area contributed by atoms with Crippen molar-refractivity contribution < 1.29 is 5.11 Å². The third kappa shape index (κ3) is 1.54. The molecule has 0 aliphatic heterocycles. The van der Waals surface area contributed by atoms with E-state index < -0.39 is 0 Å². The topological polar surface area (TPSA) is 50.9 Å². The first-order chi connectivity index (χ1) is 4.86. The maximum Gasteiger partial charge on any atom is 0.155 e. The van der Waals surface area contributed by atoms with E-state index >= 15 is 0 Å². The molecule has 1 rings (SSSR count). The number of rotatable bonds is 3. The predicted octanol–water partition coefficient (Wildman–Crippen LogP) is 0.180. The Morgan fingerprint density at radius 1 is 1.70 bits per heavy atom. The molecule has 0 saturated carbocycles. The van der Waals surface area contributed by atoms with Gasteiger partial charge in [-0.1, -0.05) is 13.3 Å². The number of aryl methyl sites for hydroxylation is 1. The van der Waals surface area contributed by atoms with E-state index in [9.17, 15) is 0 Å². The van der Waals surface area contributed by atoms with Crippen molar-refractivity contribution in [3.63, 3.8) is 0 Å². The zero-order valence-electron chi connectivity index (χ0n) is 5.99. The van der Waals surface area contributed by atoms with Crippen LogP contribution in [-0.4, -0.2) is 20.1 Å². The Balaban J connectivity index is 2.59. The van der Waals surface area contributed by atoms with Gasteiger partial charge in [-0.15, -0.1) is 0 Å². The van der Waals surface area contributed by atoms with Gasteiger partial charge in [0.2, 0.25) is 0 Å². The number of hydrogen-bond donors (Lipinski definition) is 1. The maximum atomic E-state index is 8.56. The molecular formula is C6H11N3O. The Morgan fingerprint density at radius 2 is 2.50 bits per heavy atom. The normalized spacial score (nSPS) is 10.2. The number of aliphatic hydroxyl groups is 1. The van der Waals surface area contributed by atoms with Crippen LogP contribution in [0, 0.1) is 0 Å². The molecule has 56 valence electrons. The molecule has 10 heavy (non-hydrogen) atoms. The number of aromatic nitrogens is 3. The largest absolute Gasteiger partial charge is 0.373 e. The fourth-order valence-corrected chi connectivity index (χ4v) is 0.772. The highest BCUT2D eigenvalue weighted by Crippen LogP contribution is 1.94. The molecule has 0 aliphatic rings. The van der Waals surface area contributed by atoms with Gasteiger partial charge in [0.05, 0.1) is 11.9 Å². The summed E-state index contributed by atoms with van der Waals surface area (Å²) in [5, 5.41) is 16.3. The summed E-state index contributed by atoms with van der Waals surface area (Å²) in [6.45, 7) is 1.95. The minimum atomic E-state index is -0.135. The van der Waals surface area contributed by atoms with Gasteiger partial charge in [0.15, 0.2) is 6.73 Å². The van der Waals surface area contributed by atoms with E-state index in [0.29, 0.717) is 0 Å². The minimum Gasteiger partial charge on any atom is -0.373 e. The lowest BCUT2D eigenvalue weighted by Gasteiger charge is -1.88. The molecule has 0 amide bonds. The Hall–Kier alpha value is -0.900. The van der Waals surface area contributed by atoms with E-state index in [-0.39, 0.29) is 6.73 Å². The molecule has 0 aromatic carbocycles.